The summed E-state index contributed by atoms with van der Waals surface area (Å²) >= 11 is 0. The normalized spacial score (nSPS) is 16.9. The van der Waals surface area contributed by atoms with Gasteiger partial charge in [-0.05, 0) is 55.4 Å². The fourth-order valence-electron chi connectivity index (χ4n) is 3.43. The van der Waals surface area contributed by atoms with Crippen LogP contribution in [-0.4, -0.2) is 9.97 Å². The molecule has 0 amide bonds. The Morgan fingerprint density at radius 2 is 1.56 bits per heavy atom. The molecule has 0 fully saturated rings. The van der Waals surface area contributed by atoms with Gasteiger partial charge in [0.15, 0.2) is 5.82 Å². The van der Waals surface area contributed by atoms with Crippen LogP contribution in [0.4, 0.5) is 0 Å². The summed E-state index contributed by atoms with van der Waals surface area (Å²) in [4.78, 5) is 9.52. The van der Waals surface area contributed by atoms with Crippen LogP contribution in [0.15, 0.2) is 77.9 Å². The van der Waals surface area contributed by atoms with Gasteiger partial charge in [0.05, 0.1) is 5.69 Å². The first-order valence-electron chi connectivity index (χ1n) is 8.97. The van der Waals surface area contributed by atoms with E-state index in [1.165, 1.54) is 16.7 Å². The Morgan fingerprint density at radius 3 is 2.28 bits per heavy atom. The summed E-state index contributed by atoms with van der Waals surface area (Å²) in [7, 11) is 0. The summed E-state index contributed by atoms with van der Waals surface area (Å²) < 4.78 is 0. The Bertz CT molecular complexity index is 899. The maximum absolute atomic E-state index is 4.83. The van der Waals surface area contributed by atoms with Crippen molar-refractivity contribution in [2.75, 3.05) is 0 Å². The third-order valence-electron chi connectivity index (χ3n) is 4.79. The minimum atomic E-state index is 0.867. The number of nitrogens with zero attached hydrogens (tertiary/aromatic N) is 2. The van der Waals surface area contributed by atoms with Gasteiger partial charge in [-0.2, -0.15) is 0 Å². The Kier molecular flexibility index (Phi) is 4.43. The quantitative estimate of drug-likeness (QED) is 0.709. The number of aromatic nitrogens is 2. The third-order valence-corrected chi connectivity index (χ3v) is 4.79. The lowest BCUT2D eigenvalue weighted by molar-refractivity contribution is 0.896. The lowest BCUT2D eigenvalue weighted by atomic mass is 9.89. The Balaban J connectivity index is 1.65. The van der Waals surface area contributed by atoms with Gasteiger partial charge >= 0.3 is 0 Å². The number of hydrogen-bond donors (Lipinski definition) is 0. The number of benzene rings is 1. The zero-order valence-electron chi connectivity index (χ0n) is 14.6. The molecule has 2 aliphatic carbocycles. The summed E-state index contributed by atoms with van der Waals surface area (Å²) in [5.74, 6) is 0.867. The molecular formula is C23H22N2. The van der Waals surface area contributed by atoms with E-state index in [1.807, 2.05) is 25.1 Å². The molecule has 1 aromatic heterocycles. The second-order valence-corrected chi connectivity index (χ2v) is 6.63. The molecule has 0 saturated heterocycles. The zero-order chi connectivity index (χ0) is 17.1. The van der Waals surface area contributed by atoms with Crippen molar-refractivity contribution in [3.63, 3.8) is 0 Å². The Labute approximate surface area is 149 Å². The predicted octanol–water partition coefficient (Wildman–Crippen LogP) is 5.83. The second-order valence-electron chi connectivity index (χ2n) is 6.63. The van der Waals surface area contributed by atoms with Crippen LogP contribution in [0.2, 0.25) is 0 Å². The summed E-state index contributed by atoms with van der Waals surface area (Å²) in [5, 5.41) is 0. The van der Waals surface area contributed by atoms with Crippen LogP contribution in [0.5, 0.6) is 0 Å². The van der Waals surface area contributed by atoms with Gasteiger partial charge in [-0.15, -0.1) is 0 Å². The molecule has 2 aliphatic rings. The first-order chi connectivity index (χ1) is 12.3. The highest BCUT2D eigenvalue weighted by Gasteiger charge is 2.15. The fourth-order valence-corrected chi connectivity index (χ4v) is 3.43. The maximum atomic E-state index is 4.83. The van der Waals surface area contributed by atoms with Crippen molar-refractivity contribution < 1.29 is 0 Å². The summed E-state index contributed by atoms with van der Waals surface area (Å²) in [6.07, 6.45) is 15.5. The Hall–Kier alpha value is -2.74. The van der Waals surface area contributed by atoms with E-state index in [0.29, 0.717) is 0 Å². The van der Waals surface area contributed by atoms with Gasteiger partial charge in [0.25, 0.3) is 0 Å². The molecule has 2 nitrogen and oxygen atoms in total. The molecule has 1 heterocycles. The first kappa shape index (κ1) is 15.8. The molecular weight excluding hydrogens is 304 g/mol. The van der Waals surface area contributed by atoms with Gasteiger partial charge in [0.2, 0.25) is 0 Å². The number of rotatable bonds is 3. The van der Waals surface area contributed by atoms with Crippen molar-refractivity contribution in [1.82, 2.24) is 9.97 Å². The lowest BCUT2D eigenvalue weighted by Gasteiger charge is -2.18. The molecule has 0 atom stereocenters. The molecule has 0 N–H and O–H groups in total. The molecule has 0 spiro atoms. The minimum Gasteiger partial charge on any atom is -0.234 e. The monoisotopic (exact) mass is 326 g/mol. The van der Waals surface area contributed by atoms with Gasteiger partial charge in [0, 0.05) is 11.3 Å². The molecule has 4 rings (SSSR count). The van der Waals surface area contributed by atoms with E-state index in [0.717, 1.165) is 48.5 Å². The van der Waals surface area contributed by atoms with Crippen LogP contribution in [0.3, 0.4) is 0 Å². The van der Waals surface area contributed by atoms with E-state index in [2.05, 4.69) is 53.6 Å². The molecule has 25 heavy (non-hydrogen) atoms. The van der Waals surface area contributed by atoms with Crippen molar-refractivity contribution in [2.45, 2.75) is 32.6 Å². The molecule has 0 unspecified atom stereocenters. The summed E-state index contributed by atoms with van der Waals surface area (Å²) in [6, 6.07) is 12.4. The lowest BCUT2D eigenvalue weighted by Crippen LogP contribution is -2.03. The van der Waals surface area contributed by atoms with Gasteiger partial charge < -0.3 is 0 Å². The third kappa shape index (κ3) is 3.53. The second kappa shape index (κ2) is 7.02. The molecule has 0 saturated carbocycles. The first-order valence-corrected chi connectivity index (χ1v) is 8.97. The van der Waals surface area contributed by atoms with Gasteiger partial charge in [-0.3, -0.25) is 0 Å². The fraction of sp³-hybridized carbons (Fsp3) is 0.217. The summed E-state index contributed by atoms with van der Waals surface area (Å²) in [5.41, 5.74) is 7.33. The molecule has 2 heteroatoms. The molecule has 0 bridgehead atoms. The van der Waals surface area contributed by atoms with E-state index in [1.54, 1.807) is 0 Å². The predicted molar refractivity (Wildman–Crippen MR) is 104 cm³/mol. The molecule has 2 aromatic rings. The molecule has 124 valence electrons. The van der Waals surface area contributed by atoms with Crippen LogP contribution in [0.1, 0.15) is 37.2 Å². The zero-order valence-corrected chi connectivity index (χ0v) is 14.6. The van der Waals surface area contributed by atoms with Crippen molar-refractivity contribution in [2.24, 2.45) is 0 Å². The van der Waals surface area contributed by atoms with Crippen LogP contribution >= 0.6 is 0 Å². The van der Waals surface area contributed by atoms with Crippen molar-refractivity contribution in [3.8, 4) is 11.3 Å². The molecule has 1 aromatic carbocycles. The van der Waals surface area contributed by atoms with E-state index in [-0.39, 0.29) is 0 Å². The van der Waals surface area contributed by atoms with E-state index in [9.17, 15) is 0 Å². The minimum absolute atomic E-state index is 0.867. The highest BCUT2D eigenvalue weighted by molar-refractivity contribution is 5.68. The number of aryl methyl sites for hydroxylation is 1. The topological polar surface area (TPSA) is 25.8 Å². The van der Waals surface area contributed by atoms with Crippen LogP contribution in [0.25, 0.3) is 16.8 Å². The Morgan fingerprint density at radius 1 is 0.800 bits per heavy atom. The number of hydrogen-bond acceptors (Lipinski definition) is 2. The standard InChI is InChI=1S/C23H22N2/c1-17-16-22(20-10-6-3-7-11-20)25-23(24-17)21-14-12-19(13-15-21)18-8-4-2-5-9-18/h2-4,6-8,10-12,14,16H,5,9,13,15H2,1H3. The van der Waals surface area contributed by atoms with Gasteiger partial charge in [-0.1, -0.05) is 60.7 Å². The SMILES string of the molecule is Cc1cc(-c2ccccc2)nc(C2=CC=C(C3=CC=CCC3)CC2)n1. The van der Waals surface area contributed by atoms with E-state index < -0.39 is 0 Å². The average molecular weight is 326 g/mol. The van der Waals surface area contributed by atoms with Crippen LogP contribution in [0, 0.1) is 6.92 Å². The van der Waals surface area contributed by atoms with Crippen molar-refractivity contribution >= 4 is 5.57 Å². The molecule has 0 radical (unpaired) electrons. The van der Waals surface area contributed by atoms with Gasteiger partial charge in [-0.25, -0.2) is 9.97 Å². The smallest absolute Gasteiger partial charge is 0.155 e. The van der Waals surface area contributed by atoms with Crippen molar-refractivity contribution in [3.05, 3.63) is 89.4 Å². The van der Waals surface area contributed by atoms with Gasteiger partial charge in [0.1, 0.15) is 0 Å². The summed E-state index contributed by atoms with van der Waals surface area (Å²) in [6.45, 7) is 2.04. The maximum Gasteiger partial charge on any atom is 0.155 e. The average Bonchev–Trinajstić information content (AvgIpc) is 2.69. The largest absolute Gasteiger partial charge is 0.234 e. The van der Waals surface area contributed by atoms with Crippen molar-refractivity contribution in [1.29, 1.82) is 0 Å². The van der Waals surface area contributed by atoms with E-state index >= 15 is 0 Å². The van der Waals surface area contributed by atoms with Crippen LogP contribution < -0.4 is 0 Å². The number of allylic oxidation sites excluding steroid dienone is 8. The van der Waals surface area contributed by atoms with E-state index in [4.69, 9.17) is 4.98 Å². The van der Waals surface area contributed by atoms with Crippen LogP contribution in [-0.2, 0) is 0 Å². The molecule has 0 aliphatic heterocycles. The highest BCUT2D eigenvalue weighted by atomic mass is 14.9. The highest BCUT2D eigenvalue weighted by Crippen LogP contribution is 2.32.